The molecule has 2 atom stereocenters. The average molecular weight is 392 g/mol. The van der Waals surface area contributed by atoms with Gasteiger partial charge in [0.15, 0.2) is 6.54 Å². The molecule has 0 saturated carbocycles. The number of rotatable bonds is 6. The van der Waals surface area contributed by atoms with E-state index in [1.54, 1.807) is 0 Å². The highest BCUT2D eigenvalue weighted by atomic mass is 16.5. The van der Waals surface area contributed by atoms with Crippen LogP contribution in [0.2, 0.25) is 0 Å². The second-order valence-corrected chi connectivity index (χ2v) is 7.58. The number of fused-ring (bicyclic) bond motifs is 2. The summed E-state index contributed by atoms with van der Waals surface area (Å²) in [5.41, 5.74) is 4.65. The van der Waals surface area contributed by atoms with Crippen molar-refractivity contribution in [1.29, 1.82) is 0 Å². The minimum atomic E-state index is -0.705. The van der Waals surface area contributed by atoms with Crippen molar-refractivity contribution in [2.75, 3.05) is 20.2 Å². The lowest BCUT2D eigenvalue weighted by Crippen LogP contribution is -3.13. The molecule has 1 aromatic heterocycles. The Labute approximate surface area is 169 Å². The number of aromatic nitrogens is 1. The van der Waals surface area contributed by atoms with Gasteiger partial charge in [0.2, 0.25) is 0 Å². The van der Waals surface area contributed by atoms with E-state index < -0.39 is 12.0 Å². The number of aromatic amines is 1. The Morgan fingerprint density at radius 3 is 2.72 bits per heavy atom. The zero-order chi connectivity index (χ0) is 20.2. The predicted octanol–water partition coefficient (Wildman–Crippen LogP) is 1.01. The number of hydrogen-bond acceptors (Lipinski definition) is 3. The molecule has 0 aliphatic carbocycles. The number of benzene rings is 2. The molecule has 2 aromatic carbocycles. The van der Waals surface area contributed by atoms with Gasteiger partial charge in [-0.05, 0) is 17.2 Å². The number of nitrogens with one attached hydrogen (secondary N) is 3. The van der Waals surface area contributed by atoms with Gasteiger partial charge in [-0.15, -0.1) is 0 Å². The molecule has 3 aromatic rings. The van der Waals surface area contributed by atoms with Crippen molar-refractivity contribution in [2.24, 2.45) is 0 Å². The van der Waals surface area contributed by atoms with E-state index in [0.717, 1.165) is 36.0 Å². The minimum Gasteiger partial charge on any atom is -0.467 e. The van der Waals surface area contributed by atoms with E-state index in [9.17, 15) is 9.59 Å². The van der Waals surface area contributed by atoms with E-state index in [1.807, 2.05) is 36.5 Å². The lowest BCUT2D eigenvalue weighted by molar-refractivity contribution is -0.908. The number of carbonyl (C=O) groups is 2. The maximum atomic E-state index is 12.7. The van der Waals surface area contributed by atoms with Crippen LogP contribution in [0.1, 0.15) is 16.7 Å². The molecule has 29 heavy (non-hydrogen) atoms. The van der Waals surface area contributed by atoms with Crippen LogP contribution in [-0.4, -0.2) is 43.1 Å². The molecule has 0 radical (unpaired) electrons. The van der Waals surface area contributed by atoms with Gasteiger partial charge in [-0.2, -0.15) is 0 Å². The lowest BCUT2D eigenvalue weighted by atomic mass is 10.00. The van der Waals surface area contributed by atoms with Crippen molar-refractivity contribution in [3.63, 3.8) is 0 Å². The van der Waals surface area contributed by atoms with Crippen LogP contribution in [0.5, 0.6) is 0 Å². The van der Waals surface area contributed by atoms with Crippen molar-refractivity contribution in [2.45, 2.75) is 25.4 Å². The molecule has 0 saturated heterocycles. The molecule has 4 rings (SSSR count). The standard InChI is InChI=1S/C23H25N3O3/c1-29-23(28)21(12-18-13-24-20-9-5-4-8-19(18)20)25-22(27)15-26-11-10-16-6-2-3-7-17(16)14-26/h2-9,13,21,24H,10-12,14-15H2,1H3,(H,25,27)/p+1/t21-/m1/s1. The molecular weight excluding hydrogens is 366 g/mol. The van der Waals surface area contributed by atoms with Crippen LogP contribution in [0.3, 0.4) is 0 Å². The smallest absolute Gasteiger partial charge is 0.328 e. The number of para-hydroxylation sites is 1. The molecule has 1 aliphatic rings. The lowest BCUT2D eigenvalue weighted by Gasteiger charge is -2.26. The maximum Gasteiger partial charge on any atom is 0.328 e. The van der Waals surface area contributed by atoms with Gasteiger partial charge in [-0.25, -0.2) is 4.79 Å². The summed E-state index contributed by atoms with van der Waals surface area (Å²) in [4.78, 5) is 29.4. The Balaban J connectivity index is 1.42. The molecular formula is C23H26N3O3+. The van der Waals surface area contributed by atoms with Crippen LogP contribution in [0.15, 0.2) is 54.7 Å². The largest absolute Gasteiger partial charge is 0.467 e. The number of methoxy groups -OCH3 is 1. The van der Waals surface area contributed by atoms with Crippen LogP contribution in [-0.2, 0) is 33.7 Å². The molecule has 1 aliphatic heterocycles. The van der Waals surface area contributed by atoms with Gasteiger partial charge >= 0.3 is 5.97 Å². The van der Waals surface area contributed by atoms with Gasteiger partial charge in [-0.1, -0.05) is 42.5 Å². The zero-order valence-electron chi connectivity index (χ0n) is 16.5. The Hall–Kier alpha value is -3.12. The number of quaternary nitrogens is 1. The summed E-state index contributed by atoms with van der Waals surface area (Å²) in [5, 5.41) is 3.94. The maximum absolute atomic E-state index is 12.7. The predicted molar refractivity (Wildman–Crippen MR) is 110 cm³/mol. The van der Waals surface area contributed by atoms with E-state index in [4.69, 9.17) is 4.74 Å². The summed E-state index contributed by atoms with van der Waals surface area (Å²) in [6.07, 6.45) is 3.24. The van der Waals surface area contributed by atoms with Crippen LogP contribution in [0.25, 0.3) is 10.9 Å². The van der Waals surface area contributed by atoms with E-state index >= 15 is 0 Å². The van der Waals surface area contributed by atoms with E-state index in [0.29, 0.717) is 13.0 Å². The van der Waals surface area contributed by atoms with Crippen molar-refractivity contribution in [3.05, 3.63) is 71.4 Å². The topological polar surface area (TPSA) is 75.6 Å². The molecule has 150 valence electrons. The van der Waals surface area contributed by atoms with Crippen molar-refractivity contribution in [1.82, 2.24) is 10.3 Å². The van der Waals surface area contributed by atoms with Gasteiger partial charge in [0, 0.05) is 35.5 Å². The molecule has 6 nitrogen and oxygen atoms in total. The van der Waals surface area contributed by atoms with Crippen LogP contribution < -0.4 is 10.2 Å². The minimum absolute atomic E-state index is 0.130. The molecule has 6 heteroatoms. The fourth-order valence-corrected chi connectivity index (χ4v) is 4.12. The molecule has 1 amide bonds. The fraction of sp³-hybridized carbons (Fsp3) is 0.304. The van der Waals surface area contributed by atoms with Crippen molar-refractivity contribution < 1.29 is 19.2 Å². The van der Waals surface area contributed by atoms with Crippen LogP contribution in [0.4, 0.5) is 0 Å². The van der Waals surface area contributed by atoms with Crippen LogP contribution >= 0.6 is 0 Å². The van der Waals surface area contributed by atoms with Crippen molar-refractivity contribution >= 4 is 22.8 Å². The first-order chi connectivity index (χ1) is 14.1. The van der Waals surface area contributed by atoms with Gasteiger partial charge < -0.3 is 19.9 Å². The van der Waals surface area contributed by atoms with Gasteiger partial charge in [0.1, 0.15) is 12.6 Å². The first-order valence-electron chi connectivity index (χ1n) is 9.96. The van der Waals surface area contributed by atoms with Crippen LogP contribution in [0, 0.1) is 0 Å². The first-order valence-corrected chi connectivity index (χ1v) is 9.96. The molecule has 2 heterocycles. The highest BCUT2D eigenvalue weighted by Gasteiger charge is 2.26. The Morgan fingerprint density at radius 1 is 1.14 bits per heavy atom. The summed E-state index contributed by atoms with van der Waals surface area (Å²) in [5.74, 6) is -0.558. The van der Waals surface area contributed by atoms with E-state index in [-0.39, 0.29) is 5.91 Å². The third-order valence-electron chi connectivity index (χ3n) is 5.64. The highest BCUT2D eigenvalue weighted by Crippen LogP contribution is 2.19. The Morgan fingerprint density at radius 2 is 1.90 bits per heavy atom. The molecule has 3 N–H and O–H groups in total. The van der Waals surface area contributed by atoms with Gasteiger partial charge in [0.05, 0.1) is 13.7 Å². The SMILES string of the molecule is COC(=O)[C@@H](Cc1c[nH]c2ccccc12)NC(=O)C[NH+]1CCc2ccccc2C1. The summed E-state index contributed by atoms with van der Waals surface area (Å²) in [7, 11) is 1.35. The third kappa shape index (κ3) is 4.32. The Kier molecular flexibility index (Phi) is 5.62. The second-order valence-electron chi connectivity index (χ2n) is 7.58. The average Bonchev–Trinajstić information content (AvgIpc) is 3.15. The fourth-order valence-electron chi connectivity index (χ4n) is 4.12. The first kappa shape index (κ1) is 19.2. The number of amides is 1. The summed E-state index contributed by atoms with van der Waals surface area (Å²) >= 11 is 0. The number of esters is 1. The number of hydrogen-bond donors (Lipinski definition) is 3. The van der Waals surface area contributed by atoms with Gasteiger partial charge in [-0.3, -0.25) is 4.79 Å². The normalized spacial score (nSPS) is 16.8. The zero-order valence-corrected chi connectivity index (χ0v) is 16.5. The molecule has 0 bridgehead atoms. The summed E-state index contributed by atoms with van der Waals surface area (Å²) in [6.45, 7) is 2.08. The third-order valence-corrected chi connectivity index (χ3v) is 5.64. The quantitative estimate of drug-likeness (QED) is 0.548. The molecule has 0 fully saturated rings. The van der Waals surface area contributed by atoms with Gasteiger partial charge in [0.25, 0.3) is 5.91 Å². The van der Waals surface area contributed by atoms with Crippen molar-refractivity contribution in [3.8, 4) is 0 Å². The van der Waals surface area contributed by atoms with E-state index in [2.05, 4.69) is 28.5 Å². The number of ether oxygens (including phenoxy) is 1. The molecule has 1 unspecified atom stereocenters. The summed E-state index contributed by atoms with van der Waals surface area (Å²) < 4.78 is 4.94. The van der Waals surface area contributed by atoms with E-state index in [1.165, 1.54) is 23.1 Å². The number of carbonyl (C=O) groups excluding carboxylic acids is 2. The summed E-state index contributed by atoms with van der Waals surface area (Å²) in [6, 6.07) is 15.6. The monoisotopic (exact) mass is 392 g/mol. The Bertz CT molecular complexity index is 1030. The highest BCUT2D eigenvalue weighted by molar-refractivity contribution is 5.87. The molecule has 0 spiro atoms. The number of H-pyrrole nitrogens is 1. The second kappa shape index (κ2) is 8.49.